The van der Waals surface area contributed by atoms with Crippen molar-refractivity contribution in [3.63, 3.8) is 0 Å². The molecular formula is C12H15ClF3N3O2. The van der Waals surface area contributed by atoms with E-state index in [1.54, 1.807) is 4.90 Å². The summed E-state index contributed by atoms with van der Waals surface area (Å²) in [6, 6.07) is 1.05. The molecule has 1 aromatic heterocycles. The van der Waals surface area contributed by atoms with Crippen LogP contribution in [0.4, 0.5) is 19.0 Å². The summed E-state index contributed by atoms with van der Waals surface area (Å²) >= 11 is 5.71. The number of morpholine rings is 1. The van der Waals surface area contributed by atoms with Gasteiger partial charge in [-0.15, -0.1) is 0 Å². The zero-order valence-corrected chi connectivity index (χ0v) is 12.2. The van der Waals surface area contributed by atoms with Gasteiger partial charge in [-0.05, 0) is 25.4 Å². The Hall–Kier alpha value is -1.12. The molecule has 0 aliphatic carbocycles. The van der Waals surface area contributed by atoms with Gasteiger partial charge in [-0.25, -0.2) is 9.97 Å². The lowest BCUT2D eigenvalue weighted by molar-refractivity contribution is -0.260. The van der Waals surface area contributed by atoms with Crippen molar-refractivity contribution >= 4 is 17.4 Å². The fourth-order valence-electron chi connectivity index (χ4n) is 2.01. The molecule has 21 heavy (non-hydrogen) atoms. The highest BCUT2D eigenvalue weighted by Gasteiger charge is 2.52. The molecule has 2 atom stereocenters. The molecular weight excluding hydrogens is 311 g/mol. The number of aliphatic hydroxyl groups is 1. The van der Waals surface area contributed by atoms with Gasteiger partial charge in [-0.3, -0.25) is 0 Å². The SMILES string of the molecule is C[C@@H]1COCCN1c1cc(C(C)(O)C(F)(F)F)nc(Cl)n1. The van der Waals surface area contributed by atoms with Crippen LogP contribution in [0.15, 0.2) is 6.07 Å². The molecule has 1 N–H and O–H groups in total. The molecule has 1 aliphatic heterocycles. The summed E-state index contributed by atoms with van der Waals surface area (Å²) in [6.45, 7) is 3.85. The molecule has 0 saturated carbocycles. The van der Waals surface area contributed by atoms with E-state index < -0.39 is 17.5 Å². The van der Waals surface area contributed by atoms with E-state index in [1.165, 1.54) is 0 Å². The molecule has 2 heterocycles. The molecule has 9 heteroatoms. The van der Waals surface area contributed by atoms with Gasteiger partial charge in [0.05, 0.1) is 24.9 Å². The summed E-state index contributed by atoms with van der Waals surface area (Å²) in [5.74, 6) is 0.241. The van der Waals surface area contributed by atoms with Gasteiger partial charge >= 0.3 is 6.18 Å². The zero-order valence-electron chi connectivity index (χ0n) is 11.5. The molecule has 1 fully saturated rings. The van der Waals surface area contributed by atoms with Crippen LogP contribution in [-0.2, 0) is 10.3 Å². The van der Waals surface area contributed by atoms with E-state index in [-0.39, 0.29) is 17.1 Å². The maximum absolute atomic E-state index is 12.9. The Labute approximate surface area is 124 Å². The fraction of sp³-hybridized carbons (Fsp3) is 0.667. The van der Waals surface area contributed by atoms with Crippen LogP contribution < -0.4 is 4.90 Å². The van der Waals surface area contributed by atoms with Crippen LogP contribution in [0.25, 0.3) is 0 Å². The first-order valence-electron chi connectivity index (χ1n) is 6.31. The van der Waals surface area contributed by atoms with E-state index in [9.17, 15) is 18.3 Å². The summed E-state index contributed by atoms with van der Waals surface area (Å²) in [5.41, 5.74) is -3.67. The molecule has 0 aromatic carbocycles. The van der Waals surface area contributed by atoms with Gasteiger partial charge in [0.2, 0.25) is 5.28 Å². The van der Waals surface area contributed by atoms with Crippen LogP contribution in [0.5, 0.6) is 0 Å². The Kier molecular flexibility index (Phi) is 4.32. The number of halogens is 4. The maximum atomic E-state index is 12.9. The minimum absolute atomic E-state index is 0.0617. The molecule has 5 nitrogen and oxygen atoms in total. The first kappa shape index (κ1) is 16.3. The Morgan fingerprint density at radius 2 is 2.10 bits per heavy atom. The molecule has 0 radical (unpaired) electrons. The van der Waals surface area contributed by atoms with E-state index in [0.717, 1.165) is 6.07 Å². The summed E-state index contributed by atoms with van der Waals surface area (Å²) in [5, 5.41) is 9.38. The highest BCUT2D eigenvalue weighted by atomic mass is 35.5. The van der Waals surface area contributed by atoms with Crippen LogP contribution >= 0.6 is 11.6 Å². The Morgan fingerprint density at radius 3 is 2.67 bits per heavy atom. The smallest absolute Gasteiger partial charge is 0.377 e. The van der Waals surface area contributed by atoms with Gasteiger partial charge in [0.25, 0.3) is 0 Å². The van der Waals surface area contributed by atoms with Crippen LogP contribution in [-0.4, -0.2) is 47.1 Å². The summed E-state index contributed by atoms with van der Waals surface area (Å²) in [4.78, 5) is 9.24. The molecule has 0 spiro atoms. The lowest BCUT2D eigenvalue weighted by Gasteiger charge is -2.35. The zero-order chi connectivity index (χ0) is 15.8. The van der Waals surface area contributed by atoms with Gasteiger partial charge in [-0.1, -0.05) is 0 Å². The lowest BCUT2D eigenvalue weighted by atomic mass is 10.0. The van der Waals surface area contributed by atoms with Crippen molar-refractivity contribution in [3.05, 3.63) is 17.0 Å². The maximum Gasteiger partial charge on any atom is 0.422 e. The molecule has 2 rings (SSSR count). The second-order valence-corrected chi connectivity index (χ2v) is 5.41. The third-order valence-electron chi connectivity index (χ3n) is 3.40. The minimum atomic E-state index is -4.86. The predicted octanol–water partition coefficient (Wildman–Crippen LogP) is 2.12. The third-order valence-corrected chi connectivity index (χ3v) is 3.57. The number of nitrogens with zero attached hydrogens (tertiary/aromatic N) is 3. The number of hydrogen-bond acceptors (Lipinski definition) is 5. The predicted molar refractivity (Wildman–Crippen MR) is 70.3 cm³/mol. The number of hydrogen-bond donors (Lipinski definition) is 1. The molecule has 1 saturated heterocycles. The van der Waals surface area contributed by atoms with Crippen molar-refractivity contribution in [3.8, 4) is 0 Å². The summed E-state index contributed by atoms with van der Waals surface area (Å²) < 4.78 is 44.0. The Balaban J connectivity index is 2.42. The van der Waals surface area contributed by atoms with Crippen molar-refractivity contribution in [1.82, 2.24) is 9.97 Å². The van der Waals surface area contributed by atoms with Crippen molar-refractivity contribution in [1.29, 1.82) is 0 Å². The molecule has 0 amide bonds. The monoisotopic (exact) mass is 325 g/mol. The van der Waals surface area contributed by atoms with Crippen LogP contribution in [0.1, 0.15) is 19.5 Å². The van der Waals surface area contributed by atoms with Crippen LogP contribution in [0.3, 0.4) is 0 Å². The lowest BCUT2D eigenvalue weighted by Crippen LogP contribution is -2.45. The third kappa shape index (κ3) is 3.22. The number of rotatable bonds is 2. The van der Waals surface area contributed by atoms with E-state index in [4.69, 9.17) is 16.3 Å². The van der Waals surface area contributed by atoms with E-state index in [0.29, 0.717) is 26.7 Å². The average Bonchev–Trinajstić information content (AvgIpc) is 2.37. The van der Waals surface area contributed by atoms with Crippen molar-refractivity contribution in [2.45, 2.75) is 31.7 Å². The first-order chi connectivity index (χ1) is 9.63. The molecule has 1 aliphatic rings. The molecule has 118 valence electrons. The number of aromatic nitrogens is 2. The van der Waals surface area contributed by atoms with Crippen molar-refractivity contribution in [2.24, 2.45) is 0 Å². The summed E-state index contributed by atoms with van der Waals surface area (Å²) in [7, 11) is 0. The average molecular weight is 326 g/mol. The fourth-order valence-corrected chi connectivity index (χ4v) is 2.19. The van der Waals surface area contributed by atoms with Gasteiger partial charge in [0.15, 0.2) is 5.60 Å². The quantitative estimate of drug-likeness (QED) is 0.844. The standard InChI is InChI=1S/C12H15ClF3N3O2/c1-7-6-21-4-3-19(7)9-5-8(17-10(13)18-9)11(2,20)12(14,15)16/h5,7,20H,3-4,6H2,1-2H3/t7-,11?/m1/s1. The second-order valence-electron chi connectivity index (χ2n) is 5.07. The minimum Gasteiger partial charge on any atom is -0.377 e. The summed E-state index contributed by atoms with van der Waals surface area (Å²) in [6.07, 6.45) is -4.86. The first-order valence-corrected chi connectivity index (χ1v) is 6.69. The Bertz CT molecular complexity index is 525. The largest absolute Gasteiger partial charge is 0.422 e. The number of anilines is 1. The van der Waals surface area contributed by atoms with Crippen molar-refractivity contribution < 1.29 is 23.0 Å². The second kappa shape index (κ2) is 5.58. The number of alkyl halides is 3. The van der Waals surface area contributed by atoms with E-state index in [1.807, 2.05) is 6.92 Å². The van der Waals surface area contributed by atoms with Gasteiger partial charge in [0, 0.05) is 12.6 Å². The molecule has 1 aromatic rings. The van der Waals surface area contributed by atoms with Crippen molar-refractivity contribution in [2.75, 3.05) is 24.7 Å². The number of ether oxygens (including phenoxy) is 1. The van der Waals surface area contributed by atoms with Crippen LogP contribution in [0.2, 0.25) is 5.28 Å². The van der Waals surface area contributed by atoms with Crippen LogP contribution in [0, 0.1) is 0 Å². The normalized spacial score (nSPS) is 23.0. The topological polar surface area (TPSA) is 58.5 Å². The van der Waals surface area contributed by atoms with Gasteiger partial charge < -0.3 is 14.7 Å². The molecule has 1 unspecified atom stereocenters. The highest BCUT2D eigenvalue weighted by molar-refractivity contribution is 6.28. The van der Waals surface area contributed by atoms with E-state index in [2.05, 4.69) is 9.97 Å². The van der Waals surface area contributed by atoms with Gasteiger partial charge in [-0.2, -0.15) is 13.2 Å². The highest BCUT2D eigenvalue weighted by Crippen LogP contribution is 2.38. The molecule has 0 bridgehead atoms. The van der Waals surface area contributed by atoms with Gasteiger partial charge in [0.1, 0.15) is 5.82 Å². The Morgan fingerprint density at radius 1 is 1.43 bits per heavy atom. The van der Waals surface area contributed by atoms with E-state index >= 15 is 0 Å².